The third-order valence-electron chi connectivity index (χ3n) is 6.22. The standard InChI is InChI=1S/C16H34GeO/c1-7-15(8-2)13-14-17(11-5,12-6)18-16(15,9-3)10-4/h7-14H2,1-6H3. The monoisotopic (exact) mass is 316 g/mol. The summed E-state index contributed by atoms with van der Waals surface area (Å²) in [5, 5.41) is 4.14. The second-order valence-corrected chi connectivity index (χ2v) is 15.6. The van der Waals surface area contributed by atoms with Gasteiger partial charge in [0, 0.05) is 0 Å². The van der Waals surface area contributed by atoms with Gasteiger partial charge in [0.1, 0.15) is 0 Å². The Bertz CT molecular complexity index is 250. The van der Waals surface area contributed by atoms with Crippen molar-refractivity contribution >= 4 is 13.6 Å². The van der Waals surface area contributed by atoms with Gasteiger partial charge < -0.3 is 0 Å². The fourth-order valence-corrected chi connectivity index (χ4v) is 12.5. The minimum atomic E-state index is -1.98. The maximum absolute atomic E-state index is 7.04. The quantitative estimate of drug-likeness (QED) is 0.566. The molecule has 0 aliphatic carbocycles. The Balaban J connectivity index is 3.14. The van der Waals surface area contributed by atoms with Crippen molar-refractivity contribution in [3.8, 4) is 0 Å². The van der Waals surface area contributed by atoms with Crippen molar-refractivity contribution < 1.29 is 3.76 Å². The van der Waals surface area contributed by atoms with Gasteiger partial charge in [-0.1, -0.05) is 0 Å². The molecule has 18 heavy (non-hydrogen) atoms. The van der Waals surface area contributed by atoms with Crippen LogP contribution in [0.2, 0.25) is 15.8 Å². The molecule has 1 rings (SSSR count). The van der Waals surface area contributed by atoms with Crippen LogP contribution in [0, 0.1) is 5.41 Å². The van der Waals surface area contributed by atoms with Gasteiger partial charge in [0.25, 0.3) is 0 Å². The van der Waals surface area contributed by atoms with Gasteiger partial charge >= 0.3 is 118 Å². The first-order valence-electron chi connectivity index (χ1n) is 8.23. The molecule has 1 saturated heterocycles. The summed E-state index contributed by atoms with van der Waals surface area (Å²) in [5.41, 5.74) is 0.649. The number of hydrogen-bond acceptors (Lipinski definition) is 1. The van der Waals surface area contributed by atoms with Gasteiger partial charge in [-0.25, -0.2) is 0 Å². The van der Waals surface area contributed by atoms with Crippen molar-refractivity contribution in [3.05, 3.63) is 0 Å². The van der Waals surface area contributed by atoms with Crippen LogP contribution in [-0.4, -0.2) is 19.2 Å². The van der Waals surface area contributed by atoms with E-state index in [0.717, 1.165) is 0 Å². The fourth-order valence-electron chi connectivity index (χ4n) is 4.41. The molecule has 0 spiro atoms. The Hall–Kier alpha value is 0.503. The zero-order chi connectivity index (χ0) is 13.9. The Morgan fingerprint density at radius 3 is 1.67 bits per heavy atom. The molecule has 1 aliphatic rings. The molecule has 1 aliphatic heterocycles. The van der Waals surface area contributed by atoms with E-state index < -0.39 is 13.6 Å². The van der Waals surface area contributed by atoms with Gasteiger partial charge in [-0.15, -0.1) is 0 Å². The van der Waals surface area contributed by atoms with Gasteiger partial charge in [0.05, 0.1) is 0 Å². The van der Waals surface area contributed by atoms with Gasteiger partial charge in [-0.3, -0.25) is 0 Å². The molecule has 0 saturated carbocycles. The topological polar surface area (TPSA) is 9.23 Å². The van der Waals surface area contributed by atoms with Crippen molar-refractivity contribution in [2.45, 2.75) is 95.0 Å². The molecule has 0 radical (unpaired) electrons. The van der Waals surface area contributed by atoms with Crippen LogP contribution in [0.5, 0.6) is 0 Å². The third-order valence-corrected chi connectivity index (χ3v) is 15.8. The summed E-state index contributed by atoms with van der Waals surface area (Å²) in [6, 6.07) is 0. The van der Waals surface area contributed by atoms with Crippen LogP contribution in [0.1, 0.15) is 73.6 Å². The van der Waals surface area contributed by atoms with Crippen molar-refractivity contribution in [2.24, 2.45) is 5.41 Å². The van der Waals surface area contributed by atoms with Crippen LogP contribution in [0.15, 0.2) is 0 Å². The Morgan fingerprint density at radius 2 is 1.33 bits per heavy atom. The molecule has 0 aromatic rings. The molecule has 0 bridgehead atoms. The number of rotatable bonds is 6. The van der Waals surface area contributed by atoms with Crippen LogP contribution in [-0.2, 0) is 3.76 Å². The first-order valence-corrected chi connectivity index (χ1v) is 13.5. The molecule has 0 amide bonds. The third kappa shape index (κ3) is 2.42. The van der Waals surface area contributed by atoms with E-state index in [2.05, 4.69) is 41.5 Å². The van der Waals surface area contributed by atoms with E-state index in [1.807, 2.05) is 0 Å². The normalized spacial score (nSPS) is 25.0. The Morgan fingerprint density at radius 1 is 0.833 bits per heavy atom. The van der Waals surface area contributed by atoms with E-state index in [-0.39, 0.29) is 5.60 Å². The van der Waals surface area contributed by atoms with Crippen molar-refractivity contribution in [1.29, 1.82) is 0 Å². The van der Waals surface area contributed by atoms with Gasteiger partial charge in [-0.2, -0.15) is 0 Å². The minimum absolute atomic E-state index is 0.195. The molecule has 0 aromatic carbocycles. The van der Waals surface area contributed by atoms with Gasteiger partial charge in [-0.05, 0) is 0 Å². The van der Waals surface area contributed by atoms with E-state index in [1.165, 1.54) is 47.9 Å². The van der Waals surface area contributed by atoms with E-state index in [1.54, 1.807) is 0 Å². The van der Waals surface area contributed by atoms with Crippen LogP contribution in [0.4, 0.5) is 0 Å². The Labute approximate surface area is 118 Å². The van der Waals surface area contributed by atoms with Gasteiger partial charge in [0.2, 0.25) is 0 Å². The van der Waals surface area contributed by atoms with Crippen LogP contribution in [0.3, 0.4) is 0 Å². The predicted molar refractivity (Wildman–Crippen MR) is 83.6 cm³/mol. The second-order valence-electron chi connectivity index (χ2n) is 6.18. The molecular formula is C16H34GeO. The molecule has 0 atom stereocenters. The van der Waals surface area contributed by atoms with Gasteiger partial charge in [0.15, 0.2) is 0 Å². The summed E-state index contributed by atoms with van der Waals surface area (Å²) in [7, 11) is 0. The molecule has 2 heteroatoms. The zero-order valence-electron chi connectivity index (χ0n) is 13.6. The first kappa shape index (κ1) is 16.6. The number of hydrogen-bond donors (Lipinski definition) is 0. The average Bonchev–Trinajstić information content (AvgIpc) is 2.46. The SMILES string of the molecule is CCC1(CC)C[CH2][Ge]([CH2]C)([CH2]C)[O]C1(CC)CC. The van der Waals surface area contributed by atoms with Crippen LogP contribution in [0.25, 0.3) is 0 Å². The van der Waals surface area contributed by atoms with E-state index in [4.69, 9.17) is 3.76 Å². The summed E-state index contributed by atoms with van der Waals surface area (Å²) >= 11 is -1.98. The molecule has 0 N–H and O–H groups in total. The molecule has 0 aromatic heterocycles. The van der Waals surface area contributed by atoms with Crippen LogP contribution >= 0.6 is 0 Å². The van der Waals surface area contributed by atoms with E-state index in [0.29, 0.717) is 5.41 Å². The van der Waals surface area contributed by atoms with E-state index >= 15 is 0 Å². The fraction of sp³-hybridized carbons (Fsp3) is 1.00. The average molecular weight is 315 g/mol. The maximum atomic E-state index is 7.04. The molecule has 0 unspecified atom stereocenters. The Kier molecular flexibility index (Phi) is 5.80. The summed E-state index contributed by atoms with van der Waals surface area (Å²) in [6.07, 6.45) is 6.42. The van der Waals surface area contributed by atoms with Crippen molar-refractivity contribution in [1.82, 2.24) is 0 Å². The van der Waals surface area contributed by atoms with Crippen molar-refractivity contribution in [3.63, 3.8) is 0 Å². The molecule has 1 heterocycles. The zero-order valence-corrected chi connectivity index (χ0v) is 15.7. The summed E-state index contributed by atoms with van der Waals surface area (Å²) < 4.78 is 7.04. The molecular weight excluding hydrogens is 281 g/mol. The molecule has 108 valence electrons. The summed E-state index contributed by atoms with van der Waals surface area (Å²) in [5.74, 6) is 0. The molecule has 1 fully saturated rings. The first-order chi connectivity index (χ1) is 8.53. The summed E-state index contributed by atoms with van der Waals surface area (Å²) in [4.78, 5) is 0. The molecule has 1 nitrogen and oxygen atoms in total. The summed E-state index contributed by atoms with van der Waals surface area (Å²) in [6.45, 7) is 14.2. The van der Waals surface area contributed by atoms with E-state index in [9.17, 15) is 0 Å². The van der Waals surface area contributed by atoms with Crippen LogP contribution < -0.4 is 0 Å². The van der Waals surface area contributed by atoms with Crippen molar-refractivity contribution in [2.75, 3.05) is 0 Å². The predicted octanol–water partition coefficient (Wildman–Crippen LogP) is 5.76. The second kappa shape index (κ2) is 6.30.